The molecule has 0 radical (unpaired) electrons. The molecule has 0 heterocycles. The molecular formula is C61H98O6. The largest absolute Gasteiger partial charge is 0.462 e. The summed E-state index contributed by atoms with van der Waals surface area (Å²) in [4.78, 5) is 38.0. The van der Waals surface area contributed by atoms with Crippen molar-refractivity contribution in [3.63, 3.8) is 0 Å². The van der Waals surface area contributed by atoms with Crippen LogP contribution in [0.5, 0.6) is 0 Å². The van der Waals surface area contributed by atoms with Crippen molar-refractivity contribution in [3.05, 3.63) is 122 Å². The fraction of sp³-hybridized carbons (Fsp3) is 0.623. The number of esters is 3. The van der Waals surface area contributed by atoms with Crippen LogP contribution < -0.4 is 0 Å². The first-order chi connectivity index (χ1) is 33.0. The highest BCUT2D eigenvalue weighted by Crippen LogP contribution is 2.13. The minimum absolute atomic E-state index is 0.117. The molecule has 0 fully saturated rings. The summed E-state index contributed by atoms with van der Waals surface area (Å²) < 4.78 is 16.7. The Morgan fingerprint density at radius 3 is 1.15 bits per heavy atom. The van der Waals surface area contributed by atoms with Gasteiger partial charge in [-0.15, -0.1) is 0 Å². The standard InChI is InChI=1S/C61H98O6/c1-4-7-10-13-16-19-22-25-27-29-30-32-33-36-39-42-45-48-51-54-60(63)66-57-58(56-65-59(62)53-50-47-44-41-38-35-24-21-18-15-12-9-6-3)67-61(64)55-52-49-46-43-40-37-34-31-28-26-23-20-17-14-11-8-5-2/h7,9-10,12,15-16,18-19,21,24-28,34-35,37-38,43,46,58H,4-6,8,11,13-14,17,20,22-23,29-33,36,39-42,44-45,47-57H2,1-3H3/b10-7+,12-9+,18-15+,19-16+,24-21+,27-25+,28-26+,37-34+,38-35+,46-43+. The molecule has 0 aliphatic heterocycles. The summed E-state index contributed by atoms with van der Waals surface area (Å²) in [7, 11) is 0. The second kappa shape index (κ2) is 54.4. The molecule has 6 heteroatoms. The highest BCUT2D eigenvalue weighted by atomic mass is 16.6. The molecule has 0 N–H and O–H groups in total. The molecule has 6 nitrogen and oxygen atoms in total. The van der Waals surface area contributed by atoms with Crippen LogP contribution in [-0.2, 0) is 28.6 Å². The number of carbonyl (C=O) groups is 3. The summed E-state index contributed by atoms with van der Waals surface area (Å²) in [6.07, 6.45) is 74.8. The number of hydrogen-bond donors (Lipinski definition) is 0. The third-order valence-electron chi connectivity index (χ3n) is 11.0. The van der Waals surface area contributed by atoms with Gasteiger partial charge in [-0.3, -0.25) is 14.4 Å². The maximum absolute atomic E-state index is 12.8. The maximum Gasteiger partial charge on any atom is 0.306 e. The van der Waals surface area contributed by atoms with Gasteiger partial charge in [0.05, 0.1) is 0 Å². The van der Waals surface area contributed by atoms with E-state index in [1.165, 1.54) is 83.5 Å². The van der Waals surface area contributed by atoms with Crippen LogP contribution in [0.15, 0.2) is 122 Å². The zero-order valence-electron chi connectivity index (χ0n) is 43.1. The number of rotatable bonds is 47. The van der Waals surface area contributed by atoms with Gasteiger partial charge in [0.1, 0.15) is 13.2 Å². The summed E-state index contributed by atoms with van der Waals surface area (Å²) >= 11 is 0. The molecule has 67 heavy (non-hydrogen) atoms. The maximum atomic E-state index is 12.8. The first-order valence-corrected chi connectivity index (χ1v) is 27.1. The topological polar surface area (TPSA) is 78.9 Å². The average Bonchev–Trinajstić information content (AvgIpc) is 3.33. The molecule has 0 amide bonds. The quantitative estimate of drug-likeness (QED) is 0.0199. The van der Waals surface area contributed by atoms with Gasteiger partial charge >= 0.3 is 17.9 Å². The Kier molecular flexibility index (Phi) is 51.0. The van der Waals surface area contributed by atoms with E-state index >= 15 is 0 Å². The first kappa shape index (κ1) is 62.8. The number of hydrogen-bond acceptors (Lipinski definition) is 6. The van der Waals surface area contributed by atoms with E-state index in [0.29, 0.717) is 19.3 Å². The van der Waals surface area contributed by atoms with Crippen LogP contribution in [0, 0.1) is 0 Å². The molecule has 0 saturated heterocycles. The van der Waals surface area contributed by atoms with Crippen molar-refractivity contribution in [2.45, 2.75) is 232 Å². The lowest BCUT2D eigenvalue weighted by Crippen LogP contribution is -2.30. The number of unbranched alkanes of at least 4 members (excludes halogenated alkanes) is 19. The van der Waals surface area contributed by atoms with E-state index in [9.17, 15) is 14.4 Å². The predicted octanol–water partition coefficient (Wildman–Crippen LogP) is 18.1. The lowest BCUT2D eigenvalue weighted by Gasteiger charge is -2.18. The van der Waals surface area contributed by atoms with Gasteiger partial charge in [-0.1, -0.05) is 226 Å². The average molecular weight is 927 g/mol. The summed E-state index contributed by atoms with van der Waals surface area (Å²) in [5.41, 5.74) is 0. The molecule has 0 aromatic heterocycles. The Morgan fingerprint density at radius 1 is 0.328 bits per heavy atom. The van der Waals surface area contributed by atoms with Crippen molar-refractivity contribution in [1.29, 1.82) is 0 Å². The Morgan fingerprint density at radius 2 is 0.672 bits per heavy atom. The van der Waals surface area contributed by atoms with E-state index in [4.69, 9.17) is 14.2 Å². The van der Waals surface area contributed by atoms with Crippen LogP contribution in [-0.4, -0.2) is 37.2 Å². The van der Waals surface area contributed by atoms with Crippen molar-refractivity contribution in [2.75, 3.05) is 13.2 Å². The zero-order chi connectivity index (χ0) is 48.6. The third kappa shape index (κ3) is 52.6. The normalized spacial score (nSPS) is 13.1. The summed E-state index contributed by atoms with van der Waals surface area (Å²) in [6.45, 7) is 6.29. The van der Waals surface area contributed by atoms with Gasteiger partial charge in [0, 0.05) is 19.3 Å². The van der Waals surface area contributed by atoms with Crippen LogP contribution in [0.2, 0.25) is 0 Å². The Hall–Kier alpha value is -4.19. The van der Waals surface area contributed by atoms with E-state index in [1.807, 2.05) is 36.5 Å². The lowest BCUT2D eigenvalue weighted by molar-refractivity contribution is -0.167. The highest BCUT2D eigenvalue weighted by Gasteiger charge is 2.19. The number of ether oxygens (including phenoxy) is 3. The second-order valence-corrected chi connectivity index (χ2v) is 17.5. The fourth-order valence-electron chi connectivity index (χ4n) is 7.01. The Balaban J connectivity index is 4.51. The zero-order valence-corrected chi connectivity index (χ0v) is 43.1. The van der Waals surface area contributed by atoms with Crippen molar-refractivity contribution < 1.29 is 28.6 Å². The first-order valence-electron chi connectivity index (χ1n) is 27.1. The minimum atomic E-state index is -0.826. The Bertz CT molecular complexity index is 1440. The van der Waals surface area contributed by atoms with E-state index in [1.54, 1.807) is 0 Å². The van der Waals surface area contributed by atoms with E-state index in [-0.39, 0.29) is 37.5 Å². The summed E-state index contributed by atoms with van der Waals surface area (Å²) in [5, 5.41) is 0. The molecule has 0 spiro atoms. The van der Waals surface area contributed by atoms with Crippen LogP contribution in [0.25, 0.3) is 0 Å². The van der Waals surface area contributed by atoms with E-state index in [0.717, 1.165) is 96.3 Å². The van der Waals surface area contributed by atoms with Crippen molar-refractivity contribution in [2.24, 2.45) is 0 Å². The van der Waals surface area contributed by atoms with E-state index in [2.05, 4.69) is 106 Å². The van der Waals surface area contributed by atoms with Gasteiger partial charge in [-0.2, -0.15) is 0 Å². The van der Waals surface area contributed by atoms with Gasteiger partial charge in [-0.25, -0.2) is 0 Å². The van der Waals surface area contributed by atoms with Gasteiger partial charge in [-0.05, 0) is 103 Å². The van der Waals surface area contributed by atoms with Crippen LogP contribution in [0.1, 0.15) is 226 Å². The fourth-order valence-corrected chi connectivity index (χ4v) is 7.01. The molecule has 0 aliphatic rings. The third-order valence-corrected chi connectivity index (χ3v) is 11.0. The molecule has 0 saturated carbocycles. The molecule has 0 aromatic rings. The number of allylic oxidation sites excluding steroid dienone is 20. The van der Waals surface area contributed by atoms with Crippen LogP contribution in [0.4, 0.5) is 0 Å². The SMILES string of the molecule is CC/C=C/C=C/C=C/C=C/CCCCCC(=O)OCC(COC(=O)CCCCCCCCCCC/C=C/C/C=C/C/C=C/CC)OC(=O)CCC/C=C/C/C=C/C/C=C/CCCCCCCC. The van der Waals surface area contributed by atoms with Crippen molar-refractivity contribution in [1.82, 2.24) is 0 Å². The monoisotopic (exact) mass is 927 g/mol. The van der Waals surface area contributed by atoms with Gasteiger partial charge in [0.15, 0.2) is 6.10 Å². The van der Waals surface area contributed by atoms with Crippen LogP contribution >= 0.6 is 0 Å². The Labute approximate surface area is 412 Å². The molecular weight excluding hydrogens is 829 g/mol. The van der Waals surface area contributed by atoms with Gasteiger partial charge in [0.25, 0.3) is 0 Å². The summed E-state index contributed by atoms with van der Waals surface area (Å²) in [5.74, 6) is -1.02. The second-order valence-electron chi connectivity index (χ2n) is 17.5. The molecule has 1 atom stereocenters. The van der Waals surface area contributed by atoms with Crippen molar-refractivity contribution in [3.8, 4) is 0 Å². The molecule has 0 bridgehead atoms. The molecule has 1 unspecified atom stereocenters. The molecule has 0 aromatic carbocycles. The number of carbonyl (C=O) groups excluding carboxylic acids is 3. The lowest BCUT2D eigenvalue weighted by atomic mass is 10.1. The van der Waals surface area contributed by atoms with Gasteiger partial charge < -0.3 is 14.2 Å². The minimum Gasteiger partial charge on any atom is -0.462 e. The van der Waals surface area contributed by atoms with E-state index < -0.39 is 6.10 Å². The predicted molar refractivity (Wildman–Crippen MR) is 288 cm³/mol. The smallest absolute Gasteiger partial charge is 0.306 e. The van der Waals surface area contributed by atoms with Crippen LogP contribution in [0.3, 0.4) is 0 Å². The highest BCUT2D eigenvalue weighted by molar-refractivity contribution is 5.71. The summed E-state index contributed by atoms with van der Waals surface area (Å²) in [6, 6.07) is 0. The molecule has 378 valence electrons. The van der Waals surface area contributed by atoms with Gasteiger partial charge in [0.2, 0.25) is 0 Å². The molecule has 0 rings (SSSR count). The molecule has 0 aliphatic carbocycles. The van der Waals surface area contributed by atoms with Crippen molar-refractivity contribution >= 4 is 17.9 Å².